The highest BCUT2D eigenvalue weighted by molar-refractivity contribution is 7.80. The molecule has 42 heavy (non-hydrogen) atoms. The van der Waals surface area contributed by atoms with Crippen LogP contribution in [0.15, 0.2) is 17.7 Å². The van der Waals surface area contributed by atoms with Crippen molar-refractivity contribution in [1.29, 1.82) is 5.26 Å². The minimum absolute atomic E-state index is 0.160. The highest BCUT2D eigenvalue weighted by atomic mass is 35.5. The smallest absolute Gasteiger partial charge is 0.407 e. The molecule has 1 amide bonds. The number of ether oxygens (including phenoxy) is 4. The number of halogens is 1. The van der Waals surface area contributed by atoms with E-state index in [-0.39, 0.29) is 17.1 Å². The number of carbonyl (C=O) groups is 1. The van der Waals surface area contributed by atoms with Gasteiger partial charge in [0.2, 0.25) is 5.05 Å². The Kier molecular flexibility index (Phi) is 14.0. The minimum Gasteiger partial charge on any atom is -0.486 e. The molecule has 1 aliphatic carbocycles. The first kappa shape index (κ1) is 34.3. The zero-order valence-electron chi connectivity index (χ0n) is 24.8. The van der Waals surface area contributed by atoms with Crippen LogP contribution >= 0.6 is 46.5 Å². The molecule has 1 N–H and O–H groups in total. The summed E-state index contributed by atoms with van der Waals surface area (Å²) >= 11 is 14.2. The van der Waals surface area contributed by atoms with Gasteiger partial charge in [-0.1, -0.05) is 26.7 Å². The molecule has 230 valence electrons. The van der Waals surface area contributed by atoms with Gasteiger partial charge in [-0.25, -0.2) is 4.79 Å². The highest BCUT2D eigenvalue weighted by Crippen LogP contribution is 2.57. The zero-order valence-corrected chi connectivity index (χ0v) is 28.0. The predicted molar refractivity (Wildman–Crippen MR) is 176 cm³/mol. The summed E-state index contributed by atoms with van der Waals surface area (Å²) in [7, 11) is 3.47. The number of fused-ring (bicyclic) bond motifs is 3. The number of nitrogens with one attached hydrogen (secondary N) is 1. The normalized spacial score (nSPS) is 13.3. The number of hydrogen-bond acceptors (Lipinski definition) is 10. The molecule has 0 aliphatic heterocycles. The molecule has 8 nitrogen and oxygen atoms in total. The third-order valence-corrected chi connectivity index (χ3v) is 10.1. The van der Waals surface area contributed by atoms with Crippen molar-refractivity contribution in [3.63, 3.8) is 0 Å². The molecule has 3 rings (SSSR count). The highest BCUT2D eigenvalue weighted by Gasteiger charge is 2.39. The molecule has 1 aliphatic rings. The van der Waals surface area contributed by atoms with Gasteiger partial charge in [0.05, 0.1) is 43.4 Å². The number of thiocarbonyl (C=S) groups is 1. The number of amides is 1. The molecule has 0 bridgehead atoms. The quantitative estimate of drug-likeness (QED) is 0.0605. The van der Waals surface area contributed by atoms with Gasteiger partial charge in [-0.3, -0.25) is 0 Å². The number of rotatable bonds is 18. The van der Waals surface area contributed by atoms with E-state index in [1.165, 1.54) is 28.0 Å². The topological polar surface area (TPSA) is 93.0 Å². The summed E-state index contributed by atoms with van der Waals surface area (Å²) in [5.74, 6) is 0.722. The number of nitrogens with zero attached hydrogens (tertiary/aromatic N) is 2. The lowest BCUT2D eigenvalue weighted by Crippen LogP contribution is -2.31. The number of unbranched alkanes of at least 4 members (excludes halogenated alkanes) is 3. The molecule has 0 spiro atoms. The number of hydrogen-bond donors (Lipinski definition) is 1. The van der Waals surface area contributed by atoms with Crippen LogP contribution in [0.25, 0.3) is 15.8 Å². The van der Waals surface area contributed by atoms with Crippen molar-refractivity contribution < 1.29 is 23.7 Å². The van der Waals surface area contributed by atoms with Crippen molar-refractivity contribution in [3.8, 4) is 15.8 Å². The fourth-order valence-electron chi connectivity index (χ4n) is 4.48. The minimum atomic E-state index is -0.455. The second-order valence-electron chi connectivity index (χ2n) is 10.3. The molecule has 12 heteroatoms. The maximum absolute atomic E-state index is 12.1. The summed E-state index contributed by atoms with van der Waals surface area (Å²) in [5, 5.41) is 13.5. The molecule has 0 radical (unpaired) electrons. The second-order valence-corrected chi connectivity index (χ2v) is 13.2. The van der Waals surface area contributed by atoms with Gasteiger partial charge in [0.25, 0.3) is 0 Å². The fraction of sp³-hybridized carbons (Fsp3) is 0.567. The molecule has 2 heterocycles. The van der Waals surface area contributed by atoms with E-state index in [1.54, 1.807) is 28.7 Å². The first-order valence-electron chi connectivity index (χ1n) is 14.0. The Hall–Kier alpha value is -2.20. The van der Waals surface area contributed by atoms with Crippen molar-refractivity contribution in [2.45, 2.75) is 44.9 Å². The van der Waals surface area contributed by atoms with Crippen molar-refractivity contribution in [1.82, 2.24) is 5.32 Å². The van der Waals surface area contributed by atoms with Crippen LogP contribution in [0.1, 0.15) is 55.5 Å². The molecule has 0 saturated carbocycles. The van der Waals surface area contributed by atoms with E-state index in [1.807, 2.05) is 7.05 Å². The predicted octanol–water partition coefficient (Wildman–Crippen LogP) is 6.99. The third-order valence-electron chi connectivity index (χ3n) is 6.93. The molecule has 0 fully saturated rings. The summed E-state index contributed by atoms with van der Waals surface area (Å²) in [6.45, 7) is 7.84. The van der Waals surface area contributed by atoms with Crippen molar-refractivity contribution in [2.75, 3.05) is 71.1 Å². The van der Waals surface area contributed by atoms with E-state index in [4.69, 9.17) is 42.8 Å². The van der Waals surface area contributed by atoms with Crippen LogP contribution in [0.3, 0.4) is 0 Å². The molecule has 2 aromatic rings. The molecule has 0 saturated heterocycles. The van der Waals surface area contributed by atoms with E-state index in [0.29, 0.717) is 38.5 Å². The Morgan fingerprint density at radius 2 is 1.76 bits per heavy atom. The van der Waals surface area contributed by atoms with Crippen LogP contribution in [-0.2, 0) is 24.4 Å². The number of anilines is 1. The summed E-state index contributed by atoms with van der Waals surface area (Å²) < 4.78 is 21.5. The largest absolute Gasteiger partial charge is 0.486 e. The van der Waals surface area contributed by atoms with Crippen molar-refractivity contribution in [3.05, 3.63) is 33.7 Å². The zero-order chi connectivity index (χ0) is 30.5. The SMILES string of the molecule is COC(=S)/C(C#N)=C/c1cc2c(s1)-c1sc(N(C)CCOC(=O)NCCOCCOCCCCCCCl)cc1C2(C)C. The van der Waals surface area contributed by atoms with Gasteiger partial charge in [-0.2, -0.15) is 5.26 Å². The van der Waals surface area contributed by atoms with Gasteiger partial charge in [0, 0.05) is 41.2 Å². The summed E-state index contributed by atoms with van der Waals surface area (Å²) in [4.78, 5) is 17.6. The number of nitriles is 1. The third kappa shape index (κ3) is 9.40. The average Bonchev–Trinajstić information content (AvgIpc) is 3.65. The summed E-state index contributed by atoms with van der Waals surface area (Å²) in [6.07, 6.45) is 5.71. The van der Waals surface area contributed by atoms with Gasteiger partial charge >= 0.3 is 6.09 Å². The Labute approximate surface area is 267 Å². The van der Waals surface area contributed by atoms with Crippen LogP contribution < -0.4 is 10.2 Å². The number of methoxy groups -OCH3 is 1. The fourth-order valence-corrected chi connectivity index (χ4v) is 7.50. The van der Waals surface area contributed by atoms with Crippen LogP contribution in [0.2, 0.25) is 0 Å². The van der Waals surface area contributed by atoms with Gasteiger partial charge in [-0.05, 0) is 54.4 Å². The molecule has 2 aromatic heterocycles. The molecule has 0 unspecified atom stereocenters. The van der Waals surface area contributed by atoms with Crippen molar-refractivity contribution in [2.24, 2.45) is 0 Å². The standard InChI is InChI=1S/C30H40ClN3O5S3/c1-30(2)23-18-22(17-21(20-32)28(40)36-4)41-26(23)27-24(30)19-25(42-27)34(3)11-14-39-29(35)33-10-13-38-16-15-37-12-8-6-5-7-9-31/h17-19H,5-16H2,1-4H3,(H,33,35)/b21-17+. The molecule has 0 atom stereocenters. The number of alkyl carbamates (subject to hydrolysis) is 1. The van der Waals surface area contributed by atoms with Crippen LogP contribution in [-0.4, -0.2) is 77.3 Å². The van der Waals surface area contributed by atoms with Crippen molar-refractivity contribution >= 4 is 68.7 Å². The first-order chi connectivity index (χ1) is 20.2. The first-order valence-corrected chi connectivity index (χ1v) is 16.6. The Morgan fingerprint density at radius 3 is 2.48 bits per heavy atom. The monoisotopic (exact) mass is 653 g/mol. The van der Waals surface area contributed by atoms with Crippen LogP contribution in [0.5, 0.6) is 0 Å². The van der Waals surface area contributed by atoms with Gasteiger partial charge < -0.3 is 29.2 Å². The Morgan fingerprint density at radius 1 is 1.07 bits per heavy atom. The maximum Gasteiger partial charge on any atom is 0.407 e. The number of thiophene rings is 2. The lowest BCUT2D eigenvalue weighted by Gasteiger charge is -2.20. The van der Waals surface area contributed by atoms with E-state index in [9.17, 15) is 10.1 Å². The molecule has 0 aromatic carbocycles. The lowest BCUT2D eigenvalue weighted by molar-refractivity contribution is 0.0469. The second kappa shape index (κ2) is 17.2. The number of carbonyl (C=O) groups excluding carboxylic acids is 1. The van der Waals surface area contributed by atoms with E-state index in [2.05, 4.69) is 42.3 Å². The number of likely N-dealkylation sites (N-methyl/N-ethyl adjacent to an activating group) is 1. The van der Waals surface area contributed by atoms with E-state index < -0.39 is 6.09 Å². The summed E-state index contributed by atoms with van der Waals surface area (Å²) in [6, 6.07) is 6.50. The van der Waals surface area contributed by atoms with E-state index >= 15 is 0 Å². The average molecular weight is 654 g/mol. The summed E-state index contributed by atoms with van der Waals surface area (Å²) in [5.41, 5.74) is 2.72. The Bertz CT molecular complexity index is 1270. The molecular formula is C30H40ClN3O5S3. The van der Waals surface area contributed by atoms with Gasteiger partial charge in [0.15, 0.2) is 0 Å². The number of alkyl halides is 1. The van der Waals surface area contributed by atoms with Gasteiger partial charge in [-0.15, -0.1) is 34.3 Å². The Balaban J connectivity index is 1.39. The van der Waals surface area contributed by atoms with E-state index in [0.717, 1.165) is 48.0 Å². The van der Waals surface area contributed by atoms with Crippen LogP contribution in [0.4, 0.5) is 9.80 Å². The van der Waals surface area contributed by atoms with Gasteiger partial charge in [0.1, 0.15) is 18.2 Å². The van der Waals surface area contributed by atoms with Crippen LogP contribution in [0, 0.1) is 11.3 Å². The molecular weight excluding hydrogens is 614 g/mol. The lowest BCUT2D eigenvalue weighted by atomic mass is 9.84. The maximum atomic E-state index is 12.1.